The summed E-state index contributed by atoms with van der Waals surface area (Å²) in [6, 6.07) is 0. The largest absolute Gasteiger partial charge is 0.463 e. The van der Waals surface area contributed by atoms with E-state index in [1.165, 1.54) is 25.3 Å². The van der Waals surface area contributed by atoms with Crippen LogP contribution in [0.25, 0.3) is 0 Å². The number of esters is 1. The zero-order chi connectivity index (χ0) is 18.0. The van der Waals surface area contributed by atoms with Crippen LogP contribution in [-0.2, 0) is 9.53 Å². The molecule has 0 saturated heterocycles. The molecule has 0 aromatic rings. The highest BCUT2D eigenvalue weighted by Crippen LogP contribution is 2.41. The summed E-state index contributed by atoms with van der Waals surface area (Å²) in [6.07, 6.45) is 13.8. The highest BCUT2D eigenvalue weighted by atomic mass is 16.5. The van der Waals surface area contributed by atoms with Crippen LogP contribution in [0, 0.1) is 11.8 Å². The molecule has 1 fully saturated rings. The van der Waals surface area contributed by atoms with Crippen LogP contribution in [0.2, 0.25) is 0 Å². The molecule has 0 unspecified atom stereocenters. The summed E-state index contributed by atoms with van der Waals surface area (Å²) in [7, 11) is 0. The van der Waals surface area contributed by atoms with Gasteiger partial charge in [0.2, 0.25) is 0 Å². The van der Waals surface area contributed by atoms with Crippen molar-refractivity contribution < 1.29 is 14.6 Å². The summed E-state index contributed by atoms with van der Waals surface area (Å²) >= 11 is 0. The maximum absolute atomic E-state index is 11.6. The van der Waals surface area contributed by atoms with E-state index in [1.54, 1.807) is 6.08 Å². The van der Waals surface area contributed by atoms with E-state index >= 15 is 0 Å². The summed E-state index contributed by atoms with van der Waals surface area (Å²) in [4.78, 5) is 11.6. The Labute approximate surface area is 148 Å². The molecule has 0 heterocycles. The number of ether oxygens (including phenoxy) is 1. The van der Waals surface area contributed by atoms with E-state index in [9.17, 15) is 9.90 Å². The molecule has 0 aliphatic heterocycles. The summed E-state index contributed by atoms with van der Waals surface area (Å²) in [6.45, 7) is 8.78. The lowest BCUT2D eigenvalue weighted by Gasteiger charge is -2.43. The Hall–Kier alpha value is -1.09. The van der Waals surface area contributed by atoms with Gasteiger partial charge in [0.1, 0.15) is 0 Å². The molecule has 0 amide bonds. The van der Waals surface area contributed by atoms with Gasteiger partial charge < -0.3 is 9.84 Å². The summed E-state index contributed by atoms with van der Waals surface area (Å²) in [5, 5.41) is 11.3. The molecule has 0 aromatic carbocycles. The first-order valence-electron chi connectivity index (χ1n) is 9.69. The molecule has 24 heavy (non-hydrogen) atoms. The number of allylic oxidation sites excluding steroid dienone is 2. The molecule has 1 rings (SSSR count). The number of hydrogen-bond donors (Lipinski definition) is 1. The number of rotatable bonds is 9. The molecule has 2 atom stereocenters. The molecule has 1 saturated carbocycles. The number of aliphatic hydroxyl groups is 1. The van der Waals surface area contributed by atoms with Gasteiger partial charge in [-0.15, -0.1) is 0 Å². The number of carbonyl (C=O) groups excluding carboxylic acids is 1. The second kappa shape index (κ2) is 10.7. The lowest BCUT2D eigenvalue weighted by atomic mass is 9.68. The highest BCUT2D eigenvalue weighted by molar-refractivity contribution is 5.82. The van der Waals surface area contributed by atoms with Crippen molar-refractivity contribution in [2.24, 2.45) is 11.8 Å². The first kappa shape index (κ1) is 21.0. The first-order valence-corrected chi connectivity index (χ1v) is 9.69. The van der Waals surface area contributed by atoms with Gasteiger partial charge in [-0.3, -0.25) is 0 Å². The van der Waals surface area contributed by atoms with Crippen molar-refractivity contribution in [3.05, 3.63) is 23.8 Å². The third kappa shape index (κ3) is 6.08. The predicted molar refractivity (Wildman–Crippen MR) is 99.7 cm³/mol. The smallest absolute Gasteiger partial charge is 0.330 e. The van der Waals surface area contributed by atoms with Gasteiger partial charge in [0.25, 0.3) is 0 Å². The van der Waals surface area contributed by atoms with Crippen molar-refractivity contribution in [2.45, 2.75) is 84.7 Å². The average molecular weight is 337 g/mol. The molecule has 0 radical (unpaired) electrons. The molecule has 0 spiro atoms. The Bertz CT molecular complexity index is 432. The average Bonchev–Trinajstić information content (AvgIpc) is 2.61. The summed E-state index contributed by atoms with van der Waals surface area (Å²) < 4.78 is 5.10. The lowest BCUT2D eigenvalue weighted by Crippen LogP contribution is -2.45. The van der Waals surface area contributed by atoms with E-state index in [4.69, 9.17) is 4.74 Å². The molecule has 3 nitrogen and oxygen atoms in total. The van der Waals surface area contributed by atoms with Crippen molar-refractivity contribution in [1.29, 1.82) is 0 Å². The molecule has 0 aromatic heterocycles. The maximum Gasteiger partial charge on any atom is 0.330 e. The quantitative estimate of drug-likeness (QED) is 0.273. The second-order valence-corrected chi connectivity index (χ2v) is 7.19. The van der Waals surface area contributed by atoms with E-state index in [2.05, 4.69) is 20.8 Å². The minimum atomic E-state index is -0.642. The Kier molecular flexibility index (Phi) is 9.35. The second-order valence-electron chi connectivity index (χ2n) is 7.19. The molecule has 3 heteroatoms. The van der Waals surface area contributed by atoms with Gasteiger partial charge in [0, 0.05) is 12.0 Å². The maximum atomic E-state index is 11.6. The van der Waals surface area contributed by atoms with Crippen LogP contribution in [0.4, 0.5) is 0 Å². The van der Waals surface area contributed by atoms with Crippen LogP contribution in [-0.4, -0.2) is 23.3 Å². The predicted octanol–water partition coefficient (Wildman–Crippen LogP) is 5.19. The number of unbranched alkanes of at least 4 members (excludes halogenated alkanes) is 1. The van der Waals surface area contributed by atoms with E-state index in [0.29, 0.717) is 12.5 Å². The van der Waals surface area contributed by atoms with Crippen molar-refractivity contribution in [1.82, 2.24) is 0 Å². The van der Waals surface area contributed by atoms with Crippen molar-refractivity contribution >= 4 is 5.97 Å². The molecule has 1 aliphatic carbocycles. The van der Waals surface area contributed by atoms with Gasteiger partial charge in [-0.2, -0.15) is 0 Å². The SMILES string of the molecule is CCCCOC(=O)/C=C/C=C(\C)[C@@H](C)[C@](O)(CC)C1CCCCC1. The lowest BCUT2D eigenvalue weighted by molar-refractivity contribution is -0.137. The van der Waals surface area contributed by atoms with Gasteiger partial charge >= 0.3 is 5.97 Å². The van der Waals surface area contributed by atoms with Gasteiger partial charge in [0.15, 0.2) is 0 Å². The fourth-order valence-electron chi connectivity index (χ4n) is 3.73. The Morgan fingerprint density at radius 1 is 1.29 bits per heavy atom. The van der Waals surface area contributed by atoms with E-state index in [-0.39, 0.29) is 11.9 Å². The molecule has 1 N–H and O–H groups in total. The standard InChI is InChI=1S/C21H36O3/c1-5-7-16-24-20(22)15-11-12-17(3)18(4)21(23,6-2)19-13-9-8-10-14-19/h11-12,15,18-19,23H,5-10,13-14,16H2,1-4H3/b15-11+,17-12+/t18-,21-/m1/s1. The highest BCUT2D eigenvalue weighted by Gasteiger charge is 2.40. The van der Waals surface area contributed by atoms with Crippen molar-refractivity contribution in [3.63, 3.8) is 0 Å². The van der Waals surface area contributed by atoms with Crippen LogP contribution < -0.4 is 0 Å². The van der Waals surface area contributed by atoms with Crippen molar-refractivity contribution in [3.8, 4) is 0 Å². The monoisotopic (exact) mass is 336 g/mol. The van der Waals surface area contributed by atoms with Gasteiger partial charge in [-0.1, -0.05) is 64.2 Å². The fourth-order valence-corrected chi connectivity index (χ4v) is 3.73. The normalized spacial score (nSPS) is 20.8. The summed E-state index contributed by atoms with van der Waals surface area (Å²) in [5.74, 6) is 0.183. The van der Waals surface area contributed by atoms with Crippen LogP contribution in [0.3, 0.4) is 0 Å². The van der Waals surface area contributed by atoms with E-state index in [1.807, 2.05) is 13.0 Å². The summed E-state index contributed by atoms with van der Waals surface area (Å²) in [5.41, 5.74) is 0.471. The van der Waals surface area contributed by atoms with Crippen LogP contribution in [0.15, 0.2) is 23.8 Å². The van der Waals surface area contributed by atoms with Crippen LogP contribution in [0.5, 0.6) is 0 Å². The molecule has 138 valence electrons. The third-order valence-electron chi connectivity index (χ3n) is 5.64. The fraction of sp³-hybridized carbons (Fsp3) is 0.762. The van der Waals surface area contributed by atoms with Crippen molar-refractivity contribution in [2.75, 3.05) is 6.61 Å². The zero-order valence-electron chi connectivity index (χ0n) is 16.0. The Morgan fingerprint density at radius 3 is 2.54 bits per heavy atom. The topological polar surface area (TPSA) is 46.5 Å². The Balaban J connectivity index is 2.65. The van der Waals surface area contributed by atoms with Crippen LogP contribution >= 0.6 is 0 Å². The van der Waals surface area contributed by atoms with E-state index in [0.717, 1.165) is 37.7 Å². The zero-order valence-corrected chi connectivity index (χ0v) is 16.0. The first-order chi connectivity index (χ1) is 11.5. The van der Waals surface area contributed by atoms with Gasteiger partial charge in [0.05, 0.1) is 12.2 Å². The minimum Gasteiger partial charge on any atom is -0.463 e. The minimum absolute atomic E-state index is 0.0892. The molecular formula is C21H36O3. The molecular weight excluding hydrogens is 300 g/mol. The molecule has 0 bridgehead atoms. The number of hydrogen-bond acceptors (Lipinski definition) is 3. The molecule has 1 aliphatic rings. The van der Waals surface area contributed by atoms with Gasteiger partial charge in [-0.25, -0.2) is 4.79 Å². The number of carbonyl (C=O) groups is 1. The Morgan fingerprint density at radius 2 is 1.96 bits per heavy atom. The van der Waals surface area contributed by atoms with Crippen LogP contribution in [0.1, 0.15) is 79.1 Å². The third-order valence-corrected chi connectivity index (χ3v) is 5.64. The van der Waals surface area contributed by atoms with E-state index < -0.39 is 5.60 Å². The van der Waals surface area contributed by atoms with Gasteiger partial charge in [-0.05, 0) is 38.5 Å².